The number of ketones is 1. The molecule has 2 nitrogen and oxygen atoms in total. The number of rotatable bonds is 0. The molecule has 5 aromatic rings. The normalized spacial score (nSPS) is 14.5. The monoisotopic (exact) mass is 335 g/mol. The van der Waals surface area contributed by atoms with E-state index in [1.807, 2.05) is 0 Å². The fourth-order valence-corrected chi connectivity index (χ4v) is 4.74. The van der Waals surface area contributed by atoms with Gasteiger partial charge in [0.05, 0.1) is 11.0 Å². The fraction of sp³-hybridized carbons (Fsp3) is 0.125. The second-order valence-electron chi connectivity index (χ2n) is 7.23. The average Bonchev–Trinajstić information content (AvgIpc) is 3.07. The van der Waals surface area contributed by atoms with Crippen molar-refractivity contribution in [2.75, 3.05) is 0 Å². The Hall–Kier alpha value is -3.13. The van der Waals surface area contributed by atoms with Crippen molar-refractivity contribution < 1.29 is 4.79 Å². The number of aromatic nitrogens is 1. The molecule has 0 radical (unpaired) electrons. The lowest BCUT2D eigenvalue weighted by atomic mass is 9.88. The van der Waals surface area contributed by atoms with Gasteiger partial charge in [-0.15, -0.1) is 0 Å². The minimum Gasteiger partial charge on any atom is -0.312 e. The van der Waals surface area contributed by atoms with Crippen molar-refractivity contribution in [3.63, 3.8) is 0 Å². The first-order valence-corrected chi connectivity index (χ1v) is 9.22. The quantitative estimate of drug-likeness (QED) is 0.322. The highest BCUT2D eigenvalue weighted by Crippen LogP contribution is 2.38. The van der Waals surface area contributed by atoms with Crippen molar-refractivity contribution in [2.45, 2.75) is 19.3 Å². The van der Waals surface area contributed by atoms with Gasteiger partial charge < -0.3 is 4.40 Å². The van der Waals surface area contributed by atoms with Crippen molar-refractivity contribution in [3.8, 4) is 0 Å². The van der Waals surface area contributed by atoms with Gasteiger partial charge in [-0.05, 0) is 41.1 Å². The van der Waals surface area contributed by atoms with Crippen molar-refractivity contribution in [2.24, 2.45) is 0 Å². The highest BCUT2D eigenvalue weighted by Gasteiger charge is 2.25. The molecule has 3 aromatic carbocycles. The molecule has 0 N–H and O–H groups in total. The smallest absolute Gasteiger partial charge is 0.165 e. The van der Waals surface area contributed by atoms with Gasteiger partial charge in [0.2, 0.25) is 0 Å². The highest BCUT2D eigenvalue weighted by atomic mass is 16.1. The van der Waals surface area contributed by atoms with E-state index >= 15 is 0 Å². The summed E-state index contributed by atoms with van der Waals surface area (Å²) in [6, 6.07) is 23.6. The molecule has 0 aliphatic heterocycles. The van der Waals surface area contributed by atoms with E-state index in [0.29, 0.717) is 6.42 Å². The molecule has 2 aromatic heterocycles. The summed E-state index contributed by atoms with van der Waals surface area (Å²) in [5.41, 5.74) is 4.53. The Bertz CT molecular complexity index is 1370. The Kier molecular flexibility index (Phi) is 2.68. The average molecular weight is 335 g/mol. The zero-order chi connectivity index (χ0) is 17.3. The van der Waals surface area contributed by atoms with Crippen LogP contribution in [0.2, 0.25) is 0 Å². The molecule has 0 spiro atoms. The predicted molar refractivity (Wildman–Crippen MR) is 107 cm³/mol. The summed E-state index contributed by atoms with van der Waals surface area (Å²) in [7, 11) is 0. The van der Waals surface area contributed by atoms with Gasteiger partial charge in [0.15, 0.2) is 5.78 Å². The minimum atomic E-state index is 0.284. The maximum atomic E-state index is 12.9. The lowest BCUT2D eigenvalue weighted by Crippen LogP contribution is -2.15. The molecule has 0 saturated carbocycles. The summed E-state index contributed by atoms with van der Waals surface area (Å²) < 4.78 is 2.34. The Morgan fingerprint density at radius 2 is 1.54 bits per heavy atom. The van der Waals surface area contributed by atoms with Crippen LogP contribution >= 0.6 is 0 Å². The lowest BCUT2D eigenvalue weighted by molar-refractivity contribution is 0.0973. The molecule has 2 heteroatoms. The number of hydrogen-bond acceptors (Lipinski definition) is 1. The topological polar surface area (TPSA) is 21.5 Å². The first-order chi connectivity index (χ1) is 12.8. The molecule has 0 amide bonds. The van der Waals surface area contributed by atoms with Crippen LogP contribution in [-0.4, -0.2) is 10.2 Å². The van der Waals surface area contributed by atoms with Crippen LogP contribution < -0.4 is 0 Å². The molecule has 0 fully saturated rings. The van der Waals surface area contributed by atoms with Crippen LogP contribution in [0.5, 0.6) is 0 Å². The van der Waals surface area contributed by atoms with Crippen LogP contribution in [0.25, 0.3) is 38.0 Å². The van der Waals surface area contributed by atoms with Crippen LogP contribution in [0.15, 0.2) is 66.7 Å². The third-order valence-electron chi connectivity index (χ3n) is 5.82. The van der Waals surface area contributed by atoms with Gasteiger partial charge in [0.25, 0.3) is 0 Å². The van der Waals surface area contributed by atoms with Gasteiger partial charge in [0.1, 0.15) is 0 Å². The van der Waals surface area contributed by atoms with Gasteiger partial charge in [-0.1, -0.05) is 54.6 Å². The Balaban J connectivity index is 2.00. The molecular formula is C24H17NO. The molecule has 0 unspecified atom stereocenters. The zero-order valence-electron chi connectivity index (χ0n) is 14.3. The number of pyridine rings is 1. The molecule has 124 valence electrons. The number of para-hydroxylation sites is 1. The van der Waals surface area contributed by atoms with Crippen LogP contribution in [-0.2, 0) is 6.42 Å². The largest absolute Gasteiger partial charge is 0.312 e. The summed E-state index contributed by atoms with van der Waals surface area (Å²) in [4.78, 5) is 12.9. The number of benzene rings is 3. The van der Waals surface area contributed by atoms with E-state index in [-0.39, 0.29) is 5.78 Å². The number of aryl methyl sites for hydroxylation is 1. The van der Waals surface area contributed by atoms with E-state index < -0.39 is 0 Å². The molecule has 26 heavy (non-hydrogen) atoms. The van der Waals surface area contributed by atoms with Crippen molar-refractivity contribution in [1.29, 1.82) is 0 Å². The lowest BCUT2D eigenvalue weighted by Gasteiger charge is -2.21. The summed E-state index contributed by atoms with van der Waals surface area (Å²) in [5.74, 6) is 0.284. The number of carbonyl (C=O) groups is 1. The van der Waals surface area contributed by atoms with Gasteiger partial charge in [-0.3, -0.25) is 4.79 Å². The van der Waals surface area contributed by atoms with Gasteiger partial charge >= 0.3 is 0 Å². The molecule has 0 atom stereocenters. The third kappa shape index (κ3) is 1.69. The van der Waals surface area contributed by atoms with E-state index in [0.717, 1.165) is 23.8 Å². The maximum Gasteiger partial charge on any atom is 0.165 e. The summed E-state index contributed by atoms with van der Waals surface area (Å²) in [6.45, 7) is 0. The summed E-state index contributed by atoms with van der Waals surface area (Å²) >= 11 is 0. The van der Waals surface area contributed by atoms with Gasteiger partial charge in [0, 0.05) is 28.5 Å². The maximum absolute atomic E-state index is 12.9. The second kappa shape index (κ2) is 4.95. The van der Waals surface area contributed by atoms with Crippen LogP contribution in [0.1, 0.15) is 28.9 Å². The molecule has 1 aliphatic rings. The number of Topliss-reactive ketones (excluding diaryl/α,β-unsaturated/α-hetero) is 1. The molecular weight excluding hydrogens is 318 g/mol. The fourth-order valence-electron chi connectivity index (χ4n) is 4.74. The number of fused-ring (bicyclic) bond motifs is 10. The van der Waals surface area contributed by atoms with Gasteiger partial charge in [-0.2, -0.15) is 0 Å². The van der Waals surface area contributed by atoms with Crippen LogP contribution in [0.4, 0.5) is 0 Å². The number of nitrogens with zero attached hydrogens (tertiary/aromatic N) is 1. The van der Waals surface area contributed by atoms with Gasteiger partial charge in [-0.25, -0.2) is 0 Å². The third-order valence-corrected chi connectivity index (χ3v) is 5.82. The predicted octanol–water partition coefficient (Wildman–Crippen LogP) is 5.92. The van der Waals surface area contributed by atoms with Crippen molar-refractivity contribution in [3.05, 3.63) is 78.0 Å². The van der Waals surface area contributed by atoms with Crippen molar-refractivity contribution >= 4 is 43.7 Å². The first-order valence-electron chi connectivity index (χ1n) is 9.22. The second-order valence-corrected chi connectivity index (χ2v) is 7.23. The molecule has 6 rings (SSSR count). The molecule has 2 heterocycles. The summed E-state index contributed by atoms with van der Waals surface area (Å²) in [6.07, 6.45) is 2.55. The Morgan fingerprint density at radius 3 is 2.46 bits per heavy atom. The van der Waals surface area contributed by atoms with E-state index in [4.69, 9.17) is 0 Å². The van der Waals surface area contributed by atoms with E-state index in [2.05, 4.69) is 71.1 Å². The zero-order valence-corrected chi connectivity index (χ0v) is 14.3. The Morgan fingerprint density at radius 1 is 0.731 bits per heavy atom. The van der Waals surface area contributed by atoms with E-state index in [9.17, 15) is 4.79 Å². The Labute approximate surface area is 150 Å². The first kappa shape index (κ1) is 14.1. The van der Waals surface area contributed by atoms with Crippen molar-refractivity contribution in [1.82, 2.24) is 4.40 Å². The number of carbonyl (C=O) groups excluding carboxylic acids is 1. The molecule has 1 aliphatic carbocycles. The standard InChI is InChI=1S/C24H17NO/c26-22-11-5-10-20-24(22)18-13-12-15-6-1-3-8-17(15)23(18)21-14-16-7-2-4-9-19(16)25(20)21/h1-4,6-9,12-14H,5,10-11H2. The van der Waals surface area contributed by atoms with Crippen LogP contribution in [0, 0.1) is 0 Å². The van der Waals surface area contributed by atoms with E-state index in [1.54, 1.807) is 0 Å². The SMILES string of the molecule is O=C1CCCc2c1c1ccc3ccccc3c1c1cc3ccccc3n21. The molecule has 0 saturated heterocycles. The highest BCUT2D eigenvalue weighted by molar-refractivity contribution is 6.22. The van der Waals surface area contributed by atoms with E-state index in [1.165, 1.54) is 38.3 Å². The minimum absolute atomic E-state index is 0.284. The van der Waals surface area contributed by atoms with Crippen LogP contribution in [0.3, 0.4) is 0 Å². The molecule has 0 bridgehead atoms. The summed E-state index contributed by atoms with van der Waals surface area (Å²) in [5, 5.41) is 5.98. The number of hydrogen-bond donors (Lipinski definition) is 0.